The number of halogens is 1. The minimum atomic E-state index is -0.0141. The van der Waals surface area contributed by atoms with Crippen LogP contribution < -0.4 is 10.5 Å². The topological polar surface area (TPSA) is 55.6 Å². The summed E-state index contributed by atoms with van der Waals surface area (Å²) in [7, 11) is 1.57. The van der Waals surface area contributed by atoms with E-state index in [2.05, 4.69) is 15.9 Å². The number of nitrogens with two attached hydrogens (primary N) is 1. The molecule has 4 nitrogen and oxygen atoms in total. The van der Waals surface area contributed by atoms with Gasteiger partial charge in [0.25, 0.3) is 5.91 Å². The highest BCUT2D eigenvalue weighted by atomic mass is 79.9. The number of rotatable bonds is 2. The van der Waals surface area contributed by atoms with Crippen molar-refractivity contribution in [3.63, 3.8) is 0 Å². The lowest BCUT2D eigenvalue weighted by molar-refractivity contribution is 0.0739. The lowest BCUT2D eigenvalue weighted by atomic mass is 10.1. The minimum absolute atomic E-state index is 0.0141. The molecule has 5 heteroatoms. The molecular weight excluding hydrogens is 296 g/mol. The van der Waals surface area contributed by atoms with Crippen molar-refractivity contribution in [2.45, 2.75) is 25.4 Å². The zero-order valence-corrected chi connectivity index (χ0v) is 12.1. The van der Waals surface area contributed by atoms with Crippen molar-refractivity contribution in [3.05, 3.63) is 28.2 Å². The van der Waals surface area contributed by atoms with E-state index in [4.69, 9.17) is 10.5 Å². The van der Waals surface area contributed by atoms with Gasteiger partial charge in [-0.25, -0.2) is 0 Å². The highest BCUT2D eigenvalue weighted by Gasteiger charge is 2.32. The molecule has 0 spiro atoms. The second kappa shape index (κ2) is 5.28. The summed E-state index contributed by atoms with van der Waals surface area (Å²) in [6.07, 6.45) is 0.853. The third kappa shape index (κ3) is 2.37. The summed E-state index contributed by atoms with van der Waals surface area (Å²) in [5.41, 5.74) is 6.53. The smallest absolute Gasteiger partial charge is 0.257 e. The first-order chi connectivity index (χ1) is 8.54. The van der Waals surface area contributed by atoms with Crippen LogP contribution >= 0.6 is 15.9 Å². The van der Waals surface area contributed by atoms with Crippen LogP contribution in [0.3, 0.4) is 0 Å². The van der Waals surface area contributed by atoms with E-state index in [1.165, 1.54) is 0 Å². The van der Waals surface area contributed by atoms with Crippen LogP contribution in [-0.2, 0) is 0 Å². The average Bonchev–Trinajstić information content (AvgIpc) is 2.69. The number of hydrogen-bond donors (Lipinski definition) is 1. The Morgan fingerprint density at radius 3 is 2.83 bits per heavy atom. The van der Waals surface area contributed by atoms with Crippen molar-refractivity contribution >= 4 is 21.8 Å². The maximum Gasteiger partial charge on any atom is 0.257 e. The second-order valence-electron chi connectivity index (χ2n) is 4.54. The van der Waals surface area contributed by atoms with Crippen molar-refractivity contribution in [2.24, 2.45) is 5.73 Å². The SMILES string of the molecule is COc1cc(Br)ccc1C(=O)N1CCC(N)C1C. The zero-order chi connectivity index (χ0) is 13.3. The van der Waals surface area contributed by atoms with Crippen molar-refractivity contribution < 1.29 is 9.53 Å². The number of likely N-dealkylation sites (tertiary alicyclic amines) is 1. The van der Waals surface area contributed by atoms with E-state index in [1.807, 2.05) is 17.9 Å². The first-order valence-electron chi connectivity index (χ1n) is 5.94. The van der Waals surface area contributed by atoms with Crippen LogP contribution in [0.2, 0.25) is 0 Å². The van der Waals surface area contributed by atoms with Gasteiger partial charge in [0.05, 0.1) is 12.7 Å². The molecule has 2 rings (SSSR count). The van der Waals surface area contributed by atoms with Crippen LogP contribution in [0, 0.1) is 0 Å². The van der Waals surface area contributed by atoms with Gasteiger partial charge in [0.2, 0.25) is 0 Å². The Balaban J connectivity index is 2.29. The summed E-state index contributed by atoms with van der Waals surface area (Å²) in [5.74, 6) is 0.571. The molecule has 0 aliphatic carbocycles. The van der Waals surface area contributed by atoms with E-state index in [1.54, 1.807) is 19.2 Å². The number of amides is 1. The molecule has 1 fully saturated rings. The molecule has 1 aromatic carbocycles. The highest BCUT2D eigenvalue weighted by molar-refractivity contribution is 9.10. The van der Waals surface area contributed by atoms with Gasteiger partial charge in [-0.05, 0) is 31.5 Å². The third-order valence-electron chi connectivity index (χ3n) is 3.47. The van der Waals surface area contributed by atoms with Crippen molar-refractivity contribution in [3.8, 4) is 5.75 Å². The molecule has 18 heavy (non-hydrogen) atoms. The fourth-order valence-electron chi connectivity index (χ4n) is 2.25. The molecule has 1 aromatic rings. The molecule has 1 saturated heterocycles. The molecule has 1 heterocycles. The average molecular weight is 313 g/mol. The summed E-state index contributed by atoms with van der Waals surface area (Å²) in [6.45, 7) is 2.70. The number of carbonyl (C=O) groups is 1. The van der Waals surface area contributed by atoms with Gasteiger partial charge in [-0.2, -0.15) is 0 Å². The van der Waals surface area contributed by atoms with Crippen molar-refractivity contribution in [1.82, 2.24) is 4.90 Å². The first-order valence-corrected chi connectivity index (χ1v) is 6.74. The predicted octanol–water partition coefficient (Wildman–Crippen LogP) is 2.02. The van der Waals surface area contributed by atoms with Gasteiger partial charge in [-0.3, -0.25) is 4.79 Å². The Morgan fingerprint density at radius 2 is 2.28 bits per heavy atom. The molecule has 2 unspecified atom stereocenters. The molecule has 1 amide bonds. The Bertz CT molecular complexity index is 464. The molecule has 1 aliphatic heterocycles. The Morgan fingerprint density at radius 1 is 1.56 bits per heavy atom. The van der Waals surface area contributed by atoms with Crippen LogP contribution in [0.5, 0.6) is 5.75 Å². The minimum Gasteiger partial charge on any atom is -0.496 e. The molecule has 0 saturated carbocycles. The van der Waals surface area contributed by atoms with Crippen molar-refractivity contribution in [2.75, 3.05) is 13.7 Å². The lowest BCUT2D eigenvalue weighted by Gasteiger charge is -2.24. The molecule has 0 bridgehead atoms. The molecule has 2 N–H and O–H groups in total. The summed E-state index contributed by atoms with van der Waals surface area (Å²) in [4.78, 5) is 14.3. The van der Waals surface area contributed by atoms with Gasteiger partial charge in [0.1, 0.15) is 5.75 Å². The standard InChI is InChI=1S/C13H17BrN2O2/c1-8-11(15)5-6-16(8)13(17)10-4-3-9(14)7-12(10)18-2/h3-4,7-8,11H,5-6,15H2,1-2H3. The summed E-state index contributed by atoms with van der Waals surface area (Å²) >= 11 is 3.37. The highest BCUT2D eigenvalue weighted by Crippen LogP contribution is 2.27. The number of methoxy groups -OCH3 is 1. The molecule has 98 valence electrons. The van der Waals surface area contributed by atoms with Gasteiger partial charge in [0.15, 0.2) is 0 Å². The molecular formula is C13H17BrN2O2. The molecule has 1 aliphatic rings. The maximum atomic E-state index is 12.5. The van der Waals surface area contributed by atoms with Gasteiger partial charge in [0, 0.05) is 23.1 Å². The Kier molecular flexibility index (Phi) is 3.92. The van der Waals surface area contributed by atoms with E-state index in [0.29, 0.717) is 17.9 Å². The maximum absolute atomic E-state index is 12.5. The third-order valence-corrected chi connectivity index (χ3v) is 3.96. The summed E-state index contributed by atoms with van der Waals surface area (Å²) in [6, 6.07) is 5.56. The van der Waals surface area contributed by atoms with E-state index >= 15 is 0 Å². The fourth-order valence-corrected chi connectivity index (χ4v) is 2.59. The molecule has 0 radical (unpaired) electrons. The van der Waals surface area contributed by atoms with E-state index in [9.17, 15) is 4.79 Å². The largest absolute Gasteiger partial charge is 0.496 e. The van der Waals surface area contributed by atoms with E-state index < -0.39 is 0 Å². The number of ether oxygens (including phenoxy) is 1. The van der Waals surface area contributed by atoms with E-state index in [-0.39, 0.29) is 18.0 Å². The summed E-state index contributed by atoms with van der Waals surface area (Å²) < 4.78 is 6.15. The second-order valence-corrected chi connectivity index (χ2v) is 5.45. The zero-order valence-electron chi connectivity index (χ0n) is 10.5. The van der Waals surface area contributed by atoms with Gasteiger partial charge in [-0.1, -0.05) is 15.9 Å². The van der Waals surface area contributed by atoms with Gasteiger partial charge < -0.3 is 15.4 Å². The van der Waals surface area contributed by atoms with Crippen LogP contribution in [0.4, 0.5) is 0 Å². The van der Waals surface area contributed by atoms with Crippen LogP contribution in [0.15, 0.2) is 22.7 Å². The van der Waals surface area contributed by atoms with Crippen molar-refractivity contribution in [1.29, 1.82) is 0 Å². The van der Waals surface area contributed by atoms with Gasteiger partial charge in [-0.15, -0.1) is 0 Å². The molecule has 0 aromatic heterocycles. The number of hydrogen-bond acceptors (Lipinski definition) is 3. The predicted molar refractivity (Wildman–Crippen MR) is 73.8 cm³/mol. The number of benzene rings is 1. The van der Waals surface area contributed by atoms with Gasteiger partial charge >= 0.3 is 0 Å². The number of carbonyl (C=O) groups excluding carboxylic acids is 1. The Hall–Kier alpha value is -1.07. The van der Waals surface area contributed by atoms with E-state index in [0.717, 1.165) is 10.9 Å². The lowest BCUT2D eigenvalue weighted by Crippen LogP contribution is -2.40. The van der Waals surface area contributed by atoms with Crippen LogP contribution in [0.25, 0.3) is 0 Å². The monoisotopic (exact) mass is 312 g/mol. The number of nitrogens with zero attached hydrogens (tertiary/aromatic N) is 1. The van der Waals surface area contributed by atoms with Crippen LogP contribution in [0.1, 0.15) is 23.7 Å². The fraction of sp³-hybridized carbons (Fsp3) is 0.462. The van der Waals surface area contributed by atoms with Crippen LogP contribution in [-0.4, -0.2) is 36.5 Å². The summed E-state index contributed by atoms with van der Waals surface area (Å²) in [5, 5.41) is 0. The normalized spacial score (nSPS) is 23.2. The Labute approximate surface area is 115 Å². The molecule has 2 atom stereocenters. The first kappa shape index (κ1) is 13.4. The quantitative estimate of drug-likeness (QED) is 0.909.